The molecule has 2 aliphatic rings. The van der Waals surface area contributed by atoms with Gasteiger partial charge in [-0.2, -0.15) is 4.39 Å². The van der Waals surface area contributed by atoms with Gasteiger partial charge in [-0.1, -0.05) is 18.2 Å². The average Bonchev–Trinajstić information content (AvgIpc) is 3.43. The van der Waals surface area contributed by atoms with Gasteiger partial charge in [-0.3, -0.25) is 10.1 Å². The standard InChI is InChI=1S/C21H19FN4O5S/c22-18-17(6-5-14(24-18)16-9-13-3-1-2-4-15(13)31-16)32(29,30)23-11-12-7-8-21(10-12)19(27)25-20(28)26-21/h1-6,9,12,23H,7-8,10-11H2,(H2,25,26,27,28). The molecule has 0 radical (unpaired) electrons. The van der Waals surface area contributed by atoms with Gasteiger partial charge in [-0.05, 0) is 49.4 Å². The molecule has 2 atom stereocenters. The number of urea groups is 1. The van der Waals surface area contributed by atoms with Gasteiger partial charge in [0, 0.05) is 11.9 Å². The van der Waals surface area contributed by atoms with Crippen LogP contribution < -0.4 is 15.4 Å². The maximum absolute atomic E-state index is 14.6. The summed E-state index contributed by atoms with van der Waals surface area (Å²) >= 11 is 0. The second-order valence-corrected chi connectivity index (χ2v) is 9.82. The van der Waals surface area contributed by atoms with Gasteiger partial charge in [0.15, 0.2) is 5.76 Å². The Labute approximate surface area is 182 Å². The van der Waals surface area contributed by atoms with Gasteiger partial charge < -0.3 is 9.73 Å². The summed E-state index contributed by atoms with van der Waals surface area (Å²) in [4.78, 5) is 26.7. The summed E-state index contributed by atoms with van der Waals surface area (Å²) in [6.07, 6.45) is 1.26. The zero-order valence-corrected chi connectivity index (χ0v) is 17.5. The molecule has 3 aromatic rings. The predicted molar refractivity (Wildman–Crippen MR) is 111 cm³/mol. The molecule has 3 N–H and O–H groups in total. The number of hydrogen-bond donors (Lipinski definition) is 3. The van der Waals surface area contributed by atoms with Crippen molar-refractivity contribution in [2.45, 2.75) is 29.7 Å². The molecule has 0 bridgehead atoms. The second kappa shape index (κ2) is 7.38. The van der Waals surface area contributed by atoms with E-state index in [4.69, 9.17) is 4.42 Å². The van der Waals surface area contributed by atoms with Crippen molar-refractivity contribution < 1.29 is 26.8 Å². The zero-order chi connectivity index (χ0) is 22.5. The summed E-state index contributed by atoms with van der Waals surface area (Å²) < 4.78 is 48.0. The van der Waals surface area contributed by atoms with Crippen LogP contribution in [-0.2, 0) is 14.8 Å². The molecular formula is C21H19FN4O5S. The first kappa shape index (κ1) is 20.6. The number of para-hydroxylation sites is 1. The molecule has 32 heavy (non-hydrogen) atoms. The van der Waals surface area contributed by atoms with E-state index in [2.05, 4.69) is 20.3 Å². The number of amides is 3. The SMILES string of the molecule is O=C1NC(=O)C2(CCC(CNS(=O)(=O)c3ccc(-c4cc5ccccc5o4)nc3F)C2)N1. The van der Waals surface area contributed by atoms with Gasteiger partial charge in [-0.25, -0.2) is 22.9 Å². The highest BCUT2D eigenvalue weighted by Crippen LogP contribution is 2.36. The largest absolute Gasteiger partial charge is 0.454 e. The summed E-state index contributed by atoms with van der Waals surface area (Å²) in [5, 5.41) is 5.66. The number of benzene rings is 1. The summed E-state index contributed by atoms with van der Waals surface area (Å²) in [6, 6.07) is 11.0. The van der Waals surface area contributed by atoms with Crippen LogP contribution >= 0.6 is 0 Å². The van der Waals surface area contributed by atoms with Crippen LogP contribution in [0.5, 0.6) is 0 Å². The highest BCUT2D eigenvalue weighted by molar-refractivity contribution is 7.89. The number of aromatic nitrogens is 1. The molecule has 2 unspecified atom stereocenters. The fourth-order valence-electron chi connectivity index (χ4n) is 4.34. The predicted octanol–water partition coefficient (Wildman–Crippen LogP) is 2.29. The van der Waals surface area contributed by atoms with Gasteiger partial charge in [0.25, 0.3) is 5.91 Å². The number of furan rings is 1. The number of pyridine rings is 1. The number of nitrogens with zero attached hydrogens (tertiary/aromatic N) is 1. The van der Waals surface area contributed by atoms with Crippen molar-refractivity contribution in [3.05, 3.63) is 48.4 Å². The van der Waals surface area contributed by atoms with Gasteiger partial charge in [-0.15, -0.1) is 0 Å². The quantitative estimate of drug-likeness (QED) is 0.397. The average molecular weight is 458 g/mol. The van der Waals surface area contributed by atoms with E-state index in [0.29, 0.717) is 30.6 Å². The lowest BCUT2D eigenvalue weighted by Gasteiger charge is -2.19. The maximum atomic E-state index is 14.6. The van der Waals surface area contributed by atoms with Gasteiger partial charge >= 0.3 is 6.03 Å². The highest BCUT2D eigenvalue weighted by atomic mass is 32.2. The molecule has 9 nitrogen and oxygen atoms in total. The van der Waals surface area contributed by atoms with E-state index in [1.54, 1.807) is 12.1 Å². The molecule has 3 heterocycles. The second-order valence-electron chi connectivity index (χ2n) is 8.08. The molecule has 1 aliphatic heterocycles. The Bertz CT molecular complexity index is 1320. The molecule has 1 spiro atoms. The number of nitrogens with one attached hydrogen (secondary N) is 3. The fourth-order valence-corrected chi connectivity index (χ4v) is 5.47. The van der Waals surface area contributed by atoms with E-state index >= 15 is 0 Å². The molecular weight excluding hydrogens is 439 g/mol. The number of halogens is 1. The van der Waals surface area contributed by atoms with Crippen LogP contribution in [0.2, 0.25) is 0 Å². The Hall–Kier alpha value is -3.31. The van der Waals surface area contributed by atoms with Crippen LogP contribution in [0.25, 0.3) is 22.4 Å². The van der Waals surface area contributed by atoms with Crippen LogP contribution in [0.4, 0.5) is 9.18 Å². The molecule has 166 valence electrons. The van der Waals surface area contributed by atoms with Crippen molar-refractivity contribution in [3.63, 3.8) is 0 Å². The van der Waals surface area contributed by atoms with Crippen LogP contribution in [0.3, 0.4) is 0 Å². The number of sulfonamides is 1. The van der Waals surface area contributed by atoms with Crippen molar-refractivity contribution in [2.24, 2.45) is 5.92 Å². The van der Waals surface area contributed by atoms with Gasteiger partial charge in [0.1, 0.15) is 21.7 Å². The third-order valence-corrected chi connectivity index (χ3v) is 7.41. The lowest BCUT2D eigenvalue weighted by atomic mass is 9.96. The Morgan fingerprint density at radius 3 is 2.75 bits per heavy atom. The summed E-state index contributed by atoms with van der Waals surface area (Å²) in [5.41, 5.74) is -0.197. The fraction of sp³-hybridized carbons (Fsp3) is 0.286. The first-order valence-electron chi connectivity index (χ1n) is 10.0. The van der Waals surface area contributed by atoms with Gasteiger partial charge in [0.2, 0.25) is 16.0 Å². The van der Waals surface area contributed by atoms with Crippen LogP contribution in [0.15, 0.2) is 51.8 Å². The number of hydrogen-bond acceptors (Lipinski definition) is 6. The van der Waals surface area contributed by atoms with Crippen molar-refractivity contribution in [3.8, 4) is 11.5 Å². The molecule has 1 aromatic carbocycles. The third kappa shape index (κ3) is 3.53. The highest BCUT2D eigenvalue weighted by Gasteiger charge is 2.50. The molecule has 1 aliphatic carbocycles. The van der Waals surface area contributed by atoms with Gasteiger partial charge in [0.05, 0.1) is 0 Å². The van der Waals surface area contributed by atoms with E-state index in [1.165, 1.54) is 6.07 Å². The Kier molecular flexibility index (Phi) is 4.75. The Morgan fingerprint density at radius 1 is 1.22 bits per heavy atom. The summed E-state index contributed by atoms with van der Waals surface area (Å²) in [5.74, 6) is -1.39. The van der Waals surface area contributed by atoms with Crippen molar-refractivity contribution >= 4 is 32.9 Å². The van der Waals surface area contributed by atoms with E-state index in [1.807, 2.05) is 18.2 Å². The number of imide groups is 1. The Morgan fingerprint density at radius 2 is 2.03 bits per heavy atom. The normalized spacial score (nSPS) is 23.1. The molecule has 2 fully saturated rings. The lowest BCUT2D eigenvalue weighted by molar-refractivity contribution is -0.123. The van der Waals surface area contributed by atoms with E-state index < -0.39 is 38.3 Å². The van der Waals surface area contributed by atoms with Crippen molar-refractivity contribution in [1.29, 1.82) is 0 Å². The molecule has 11 heteroatoms. The maximum Gasteiger partial charge on any atom is 0.322 e. The summed E-state index contributed by atoms with van der Waals surface area (Å²) in [7, 11) is -4.17. The molecule has 2 aromatic heterocycles. The van der Waals surface area contributed by atoms with Crippen LogP contribution in [0, 0.1) is 11.9 Å². The molecule has 3 amide bonds. The lowest BCUT2D eigenvalue weighted by Crippen LogP contribution is -2.44. The zero-order valence-electron chi connectivity index (χ0n) is 16.7. The number of fused-ring (bicyclic) bond motifs is 1. The molecule has 1 saturated heterocycles. The van der Waals surface area contributed by atoms with E-state index in [-0.39, 0.29) is 18.2 Å². The van der Waals surface area contributed by atoms with E-state index in [9.17, 15) is 22.4 Å². The number of carbonyl (C=O) groups is 2. The van der Waals surface area contributed by atoms with E-state index in [0.717, 1.165) is 11.5 Å². The smallest absolute Gasteiger partial charge is 0.322 e. The Balaban J connectivity index is 1.30. The van der Waals surface area contributed by atoms with Crippen molar-refractivity contribution in [1.82, 2.24) is 20.3 Å². The minimum Gasteiger partial charge on any atom is -0.454 e. The summed E-state index contributed by atoms with van der Waals surface area (Å²) in [6.45, 7) is 0.0119. The minimum absolute atomic E-state index is 0.0119. The molecule has 1 saturated carbocycles. The molecule has 5 rings (SSSR count). The third-order valence-electron chi connectivity index (χ3n) is 5.98. The van der Waals surface area contributed by atoms with Crippen molar-refractivity contribution in [2.75, 3.05) is 6.54 Å². The van der Waals surface area contributed by atoms with Crippen LogP contribution in [0.1, 0.15) is 19.3 Å². The topological polar surface area (TPSA) is 130 Å². The number of carbonyl (C=O) groups excluding carboxylic acids is 2. The minimum atomic E-state index is -4.17. The van der Waals surface area contributed by atoms with Crippen LogP contribution in [-0.4, -0.2) is 37.4 Å². The first-order valence-corrected chi connectivity index (χ1v) is 11.5. The first-order chi connectivity index (χ1) is 15.3. The number of rotatable bonds is 5. The monoisotopic (exact) mass is 458 g/mol.